The molecular weight excluding hydrogens is 284 g/mol. The minimum absolute atomic E-state index is 0.0802. The standard InChI is InChI=1S/C16H22N2O4/c1-11(17-18-15(20)22-16(2,3)4)6-7-12-8-9-13(19)14(10-12)21-5/h6-10,19H,1-5H3,(H,18,20)/b7-6+,17-11+. The van der Waals surface area contributed by atoms with Gasteiger partial charge < -0.3 is 14.6 Å². The second-order valence-electron chi connectivity index (χ2n) is 5.63. The number of methoxy groups -OCH3 is 1. The number of carbonyl (C=O) groups is 1. The number of aromatic hydroxyl groups is 1. The highest BCUT2D eigenvalue weighted by atomic mass is 16.6. The van der Waals surface area contributed by atoms with Gasteiger partial charge >= 0.3 is 6.09 Å². The predicted molar refractivity (Wildman–Crippen MR) is 86.2 cm³/mol. The van der Waals surface area contributed by atoms with E-state index >= 15 is 0 Å². The summed E-state index contributed by atoms with van der Waals surface area (Å²) in [6.45, 7) is 7.08. The first-order valence-electron chi connectivity index (χ1n) is 6.79. The van der Waals surface area contributed by atoms with Crippen LogP contribution in [0, 0.1) is 0 Å². The first kappa shape index (κ1) is 17.6. The van der Waals surface area contributed by atoms with E-state index < -0.39 is 11.7 Å². The summed E-state index contributed by atoms with van der Waals surface area (Å²) in [5.74, 6) is 0.472. The molecule has 22 heavy (non-hydrogen) atoms. The molecule has 6 nitrogen and oxygen atoms in total. The lowest BCUT2D eigenvalue weighted by molar-refractivity contribution is 0.0529. The van der Waals surface area contributed by atoms with Crippen molar-refractivity contribution in [3.05, 3.63) is 29.8 Å². The molecule has 0 fully saturated rings. The summed E-state index contributed by atoms with van der Waals surface area (Å²) in [5, 5.41) is 13.4. The fraction of sp³-hybridized carbons (Fsp3) is 0.375. The molecule has 0 unspecified atom stereocenters. The number of benzene rings is 1. The van der Waals surface area contributed by atoms with E-state index in [1.165, 1.54) is 7.11 Å². The molecule has 1 aromatic carbocycles. The lowest BCUT2D eigenvalue weighted by atomic mass is 10.2. The summed E-state index contributed by atoms with van der Waals surface area (Å²) < 4.78 is 10.1. The molecule has 0 aliphatic heterocycles. The van der Waals surface area contributed by atoms with Crippen LogP contribution in [0.25, 0.3) is 6.08 Å². The van der Waals surface area contributed by atoms with Crippen molar-refractivity contribution < 1.29 is 19.4 Å². The third-order valence-electron chi connectivity index (χ3n) is 2.44. The first-order chi connectivity index (χ1) is 10.2. The Kier molecular flexibility index (Phi) is 5.98. The molecule has 0 aliphatic carbocycles. The zero-order chi connectivity index (χ0) is 16.8. The molecule has 0 atom stereocenters. The van der Waals surface area contributed by atoms with Gasteiger partial charge in [0.05, 0.1) is 12.8 Å². The van der Waals surface area contributed by atoms with Crippen LogP contribution in [-0.2, 0) is 4.74 Å². The number of rotatable bonds is 4. The third-order valence-corrected chi connectivity index (χ3v) is 2.44. The second kappa shape index (κ2) is 7.49. The Morgan fingerprint density at radius 3 is 2.64 bits per heavy atom. The zero-order valence-corrected chi connectivity index (χ0v) is 13.5. The van der Waals surface area contributed by atoms with Crippen molar-refractivity contribution in [2.24, 2.45) is 5.10 Å². The van der Waals surface area contributed by atoms with Crippen molar-refractivity contribution in [3.8, 4) is 11.5 Å². The van der Waals surface area contributed by atoms with Gasteiger partial charge in [0.2, 0.25) is 0 Å². The molecule has 0 bridgehead atoms. The maximum absolute atomic E-state index is 11.4. The Morgan fingerprint density at radius 1 is 1.36 bits per heavy atom. The summed E-state index contributed by atoms with van der Waals surface area (Å²) in [5.41, 5.74) is 3.18. The summed E-state index contributed by atoms with van der Waals surface area (Å²) in [7, 11) is 1.49. The van der Waals surface area contributed by atoms with Crippen LogP contribution >= 0.6 is 0 Å². The smallest absolute Gasteiger partial charge is 0.428 e. The molecule has 0 saturated heterocycles. The molecule has 2 N–H and O–H groups in total. The number of hydrogen-bond donors (Lipinski definition) is 2. The number of carbonyl (C=O) groups excluding carboxylic acids is 1. The van der Waals surface area contributed by atoms with Crippen LogP contribution in [0.15, 0.2) is 29.4 Å². The highest BCUT2D eigenvalue weighted by molar-refractivity contribution is 5.96. The maximum Gasteiger partial charge on any atom is 0.428 e. The highest BCUT2D eigenvalue weighted by Crippen LogP contribution is 2.26. The molecule has 6 heteroatoms. The largest absolute Gasteiger partial charge is 0.504 e. The lowest BCUT2D eigenvalue weighted by Gasteiger charge is -2.18. The molecule has 1 aromatic rings. The molecule has 0 spiro atoms. The number of nitrogens with one attached hydrogen (secondary N) is 1. The molecule has 0 aromatic heterocycles. The van der Waals surface area contributed by atoms with Gasteiger partial charge in [0, 0.05) is 0 Å². The highest BCUT2D eigenvalue weighted by Gasteiger charge is 2.15. The van der Waals surface area contributed by atoms with Gasteiger partial charge in [0.15, 0.2) is 11.5 Å². The van der Waals surface area contributed by atoms with E-state index in [1.54, 1.807) is 58.0 Å². The van der Waals surface area contributed by atoms with Crippen molar-refractivity contribution in [2.45, 2.75) is 33.3 Å². The summed E-state index contributed by atoms with van der Waals surface area (Å²) in [6.07, 6.45) is 2.91. The van der Waals surface area contributed by atoms with Crippen LogP contribution in [0.4, 0.5) is 4.79 Å². The summed E-state index contributed by atoms with van der Waals surface area (Å²) >= 11 is 0. The van der Waals surface area contributed by atoms with Gasteiger partial charge in [-0.1, -0.05) is 12.1 Å². The Bertz CT molecular complexity index is 586. The lowest BCUT2D eigenvalue weighted by Crippen LogP contribution is -2.30. The van der Waals surface area contributed by atoms with Gasteiger partial charge in [-0.25, -0.2) is 10.2 Å². The van der Waals surface area contributed by atoms with E-state index in [-0.39, 0.29) is 5.75 Å². The van der Waals surface area contributed by atoms with E-state index in [4.69, 9.17) is 9.47 Å². The van der Waals surface area contributed by atoms with E-state index in [0.29, 0.717) is 11.5 Å². The van der Waals surface area contributed by atoms with Crippen LogP contribution in [0.2, 0.25) is 0 Å². The van der Waals surface area contributed by atoms with Crippen LogP contribution in [0.5, 0.6) is 11.5 Å². The average molecular weight is 306 g/mol. The zero-order valence-electron chi connectivity index (χ0n) is 13.5. The molecule has 1 amide bonds. The molecule has 0 aliphatic rings. The van der Waals surface area contributed by atoms with E-state index in [2.05, 4.69) is 10.5 Å². The Labute approximate surface area is 130 Å². The fourth-order valence-electron chi connectivity index (χ4n) is 1.49. The summed E-state index contributed by atoms with van der Waals surface area (Å²) in [6, 6.07) is 4.98. The molecule has 0 saturated carbocycles. The Morgan fingerprint density at radius 2 is 2.05 bits per heavy atom. The van der Waals surface area contributed by atoms with Crippen LogP contribution in [-0.4, -0.2) is 29.6 Å². The van der Waals surface area contributed by atoms with Crippen molar-refractivity contribution in [1.82, 2.24) is 5.43 Å². The number of phenolic OH excluding ortho intramolecular Hbond substituents is 1. The van der Waals surface area contributed by atoms with E-state index in [9.17, 15) is 9.90 Å². The van der Waals surface area contributed by atoms with Crippen LogP contribution in [0.1, 0.15) is 33.3 Å². The Balaban J connectivity index is 2.65. The predicted octanol–water partition coefficient (Wildman–Crippen LogP) is 3.31. The minimum atomic E-state index is -0.605. The number of hydrogen-bond acceptors (Lipinski definition) is 5. The van der Waals surface area contributed by atoms with Crippen LogP contribution < -0.4 is 10.2 Å². The van der Waals surface area contributed by atoms with Gasteiger partial charge in [0.1, 0.15) is 5.60 Å². The third kappa shape index (κ3) is 6.30. The number of phenols is 1. The monoisotopic (exact) mass is 306 g/mol. The fourth-order valence-corrected chi connectivity index (χ4v) is 1.49. The van der Waals surface area contributed by atoms with Gasteiger partial charge in [-0.05, 0) is 51.5 Å². The molecule has 1 rings (SSSR count). The molecule has 0 heterocycles. The van der Waals surface area contributed by atoms with Gasteiger partial charge in [-0.15, -0.1) is 0 Å². The first-order valence-corrected chi connectivity index (χ1v) is 6.79. The SMILES string of the molecule is COc1cc(/C=C/C(C)=N/NC(=O)OC(C)(C)C)ccc1O. The van der Waals surface area contributed by atoms with Gasteiger partial charge in [-0.3, -0.25) is 0 Å². The number of nitrogens with zero attached hydrogens (tertiary/aromatic N) is 1. The van der Waals surface area contributed by atoms with E-state index in [1.807, 2.05) is 0 Å². The number of allylic oxidation sites excluding steroid dienone is 1. The second-order valence-corrected chi connectivity index (χ2v) is 5.63. The molecular formula is C16H22N2O4. The minimum Gasteiger partial charge on any atom is -0.504 e. The van der Waals surface area contributed by atoms with Crippen molar-refractivity contribution in [2.75, 3.05) is 7.11 Å². The van der Waals surface area contributed by atoms with Gasteiger partial charge in [0.25, 0.3) is 0 Å². The van der Waals surface area contributed by atoms with Crippen molar-refractivity contribution in [1.29, 1.82) is 0 Å². The number of hydrazone groups is 1. The molecule has 0 radical (unpaired) electrons. The number of ether oxygens (including phenoxy) is 2. The topological polar surface area (TPSA) is 80.2 Å². The van der Waals surface area contributed by atoms with Gasteiger partial charge in [-0.2, -0.15) is 5.10 Å². The maximum atomic E-state index is 11.4. The normalized spacial score (nSPS) is 12.3. The quantitative estimate of drug-likeness (QED) is 0.660. The Hall–Kier alpha value is -2.50. The van der Waals surface area contributed by atoms with Crippen molar-refractivity contribution in [3.63, 3.8) is 0 Å². The van der Waals surface area contributed by atoms with E-state index in [0.717, 1.165) is 5.56 Å². The average Bonchev–Trinajstić information content (AvgIpc) is 2.42. The van der Waals surface area contributed by atoms with Crippen LogP contribution in [0.3, 0.4) is 0 Å². The summed E-state index contributed by atoms with van der Waals surface area (Å²) in [4.78, 5) is 11.4. The van der Waals surface area contributed by atoms with Crippen molar-refractivity contribution >= 4 is 17.9 Å². The molecule has 120 valence electrons. The number of amides is 1.